The second kappa shape index (κ2) is 7.81. The highest BCUT2D eigenvalue weighted by molar-refractivity contribution is 5.93. The van der Waals surface area contributed by atoms with E-state index in [0.717, 1.165) is 31.2 Å². The Morgan fingerprint density at radius 1 is 1.24 bits per heavy atom. The molecule has 0 bridgehead atoms. The van der Waals surface area contributed by atoms with E-state index in [9.17, 15) is 9.59 Å². The van der Waals surface area contributed by atoms with Crippen molar-refractivity contribution in [1.82, 2.24) is 4.90 Å². The number of imide groups is 1. The summed E-state index contributed by atoms with van der Waals surface area (Å²) in [5, 5.41) is 0. The van der Waals surface area contributed by atoms with Crippen molar-refractivity contribution in [3.63, 3.8) is 0 Å². The monoisotopic (exact) mass is 289 g/mol. The number of rotatable bonds is 7. The molecule has 0 aliphatic carbocycles. The number of ether oxygens (including phenoxy) is 1. The highest BCUT2D eigenvalue weighted by Gasteiger charge is 2.37. The normalized spacial score (nSPS) is 17.9. The van der Waals surface area contributed by atoms with E-state index < -0.39 is 6.09 Å². The first-order valence-electron chi connectivity index (χ1n) is 7.75. The first-order valence-corrected chi connectivity index (χ1v) is 7.75. The Morgan fingerprint density at radius 3 is 2.71 bits per heavy atom. The van der Waals surface area contributed by atoms with Crippen LogP contribution < -0.4 is 0 Å². The molecule has 1 atom stereocenters. The number of unbranched alkanes of at least 4 members (excludes halogenated alkanes) is 3. The fraction of sp³-hybridized carbons (Fsp3) is 0.529. The average Bonchev–Trinajstić information content (AvgIpc) is 2.85. The molecule has 0 radical (unpaired) electrons. The number of hydrogen-bond acceptors (Lipinski definition) is 3. The summed E-state index contributed by atoms with van der Waals surface area (Å²) in [6, 6.07) is 9.72. The summed E-state index contributed by atoms with van der Waals surface area (Å²) in [7, 11) is 0. The minimum Gasteiger partial charge on any atom is -0.447 e. The number of nitrogens with zero attached hydrogens (tertiary/aromatic N) is 1. The van der Waals surface area contributed by atoms with E-state index in [1.54, 1.807) is 0 Å². The molecule has 2 rings (SSSR count). The summed E-state index contributed by atoms with van der Waals surface area (Å²) in [4.78, 5) is 25.4. The van der Waals surface area contributed by atoms with Gasteiger partial charge in [-0.2, -0.15) is 0 Å². The van der Waals surface area contributed by atoms with Gasteiger partial charge in [-0.15, -0.1) is 0 Å². The van der Waals surface area contributed by atoms with Crippen LogP contribution in [0.3, 0.4) is 0 Å². The number of cyclic esters (lactones) is 1. The van der Waals surface area contributed by atoms with E-state index in [1.807, 2.05) is 30.3 Å². The summed E-state index contributed by atoms with van der Waals surface area (Å²) in [6.07, 6.45) is 4.75. The van der Waals surface area contributed by atoms with Crippen LogP contribution in [0.25, 0.3) is 0 Å². The van der Waals surface area contributed by atoms with Crippen molar-refractivity contribution < 1.29 is 14.3 Å². The smallest absolute Gasteiger partial charge is 0.416 e. The van der Waals surface area contributed by atoms with Gasteiger partial charge in [-0.3, -0.25) is 4.79 Å². The van der Waals surface area contributed by atoms with Crippen LogP contribution in [0.2, 0.25) is 0 Å². The topological polar surface area (TPSA) is 46.6 Å². The summed E-state index contributed by atoms with van der Waals surface area (Å²) >= 11 is 0. The number of benzene rings is 1. The van der Waals surface area contributed by atoms with Gasteiger partial charge in [-0.25, -0.2) is 9.69 Å². The molecular weight excluding hydrogens is 266 g/mol. The van der Waals surface area contributed by atoms with Gasteiger partial charge in [0.05, 0.1) is 6.04 Å². The Labute approximate surface area is 126 Å². The van der Waals surface area contributed by atoms with E-state index in [2.05, 4.69) is 6.92 Å². The van der Waals surface area contributed by atoms with Gasteiger partial charge in [0.25, 0.3) is 0 Å². The Bertz CT molecular complexity index is 472. The molecule has 4 heteroatoms. The maximum atomic E-state index is 12.2. The Hall–Kier alpha value is -1.84. The van der Waals surface area contributed by atoms with Gasteiger partial charge in [0.2, 0.25) is 5.91 Å². The third-order valence-corrected chi connectivity index (χ3v) is 3.79. The zero-order valence-corrected chi connectivity index (χ0v) is 12.6. The summed E-state index contributed by atoms with van der Waals surface area (Å²) in [5.74, 6) is -0.102. The minimum atomic E-state index is -0.489. The third kappa shape index (κ3) is 4.31. The predicted molar refractivity (Wildman–Crippen MR) is 80.9 cm³/mol. The molecule has 1 aromatic carbocycles. The molecule has 2 amide bonds. The van der Waals surface area contributed by atoms with Gasteiger partial charge in [0, 0.05) is 6.42 Å². The summed E-state index contributed by atoms with van der Waals surface area (Å²) in [5.41, 5.74) is 1.12. The van der Waals surface area contributed by atoms with E-state index >= 15 is 0 Å². The average molecular weight is 289 g/mol. The van der Waals surface area contributed by atoms with E-state index in [4.69, 9.17) is 4.74 Å². The fourth-order valence-corrected chi connectivity index (χ4v) is 2.63. The maximum Gasteiger partial charge on any atom is 0.416 e. The van der Waals surface area contributed by atoms with Crippen molar-refractivity contribution in [3.05, 3.63) is 35.9 Å². The van der Waals surface area contributed by atoms with Crippen LogP contribution in [0.15, 0.2) is 30.3 Å². The van der Waals surface area contributed by atoms with Crippen molar-refractivity contribution in [1.29, 1.82) is 0 Å². The SMILES string of the molecule is CCCCCCC(=O)N1C(=O)OC[C@H]1Cc1ccccc1. The van der Waals surface area contributed by atoms with Crippen LogP contribution >= 0.6 is 0 Å². The lowest BCUT2D eigenvalue weighted by molar-refractivity contribution is -0.129. The second-order valence-electron chi connectivity index (χ2n) is 5.49. The zero-order chi connectivity index (χ0) is 15.1. The molecule has 1 aromatic rings. The van der Waals surface area contributed by atoms with Crippen LogP contribution in [0.5, 0.6) is 0 Å². The largest absolute Gasteiger partial charge is 0.447 e. The quantitative estimate of drug-likeness (QED) is 0.721. The molecule has 1 fully saturated rings. The molecule has 1 saturated heterocycles. The molecule has 4 nitrogen and oxygen atoms in total. The Balaban J connectivity index is 1.92. The minimum absolute atomic E-state index is 0.102. The fourth-order valence-electron chi connectivity index (χ4n) is 2.63. The molecule has 1 heterocycles. The molecule has 0 N–H and O–H groups in total. The van der Waals surface area contributed by atoms with Crippen LogP contribution in [0.4, 0.5) is 4.79 Å². The lowest BCUT2D eigenvalue weighted by Gasteiger charge is -2.19. The van der Waals surface area contributed by atoms with Crippen molar-refractivity contribution >= 4 is 12.0 Å². The Kier molecular flexibility index (Phi) is 5.78. The number of hydrogen-bond donors (Lipinski definition) is 0. The number of amides is 2. The van der Waals surface area contributed by atoms with Gasteiger partial charge >= 0.3 is 6.09 Å². The van der Waals surface area contributed by atoms with Crippen molar-refractivity contribution in [3.8, 4) is 0 Å². The number of carbonyl (C=O) groups is 2. The molecule has 0 saturated carbocycles. The van der Waals surface area contributed by atoms with Crippen molar-refractivity contribution in [2.45, 2.75) is 51.5 Å². The molecule has 21 heavy (non-hydrogen) atoms. The summed E-state index contributed by atoms with van der Waals surface area (Å²) in [6.45, 7) is 2.43. The number of carbonyl (C=O) groups excluding carboxylic acids is 2. The van der Waals surface area contributed by atoms with Gasteiger partial charge < -0.3 is 4.74 Å². The Morgan fingerprint density at radius 2 is 2.00 bits per heavy atom. The zero-order valence-electron chi connectivity index (χ0n) is 12.6. The van der Waals surface area contributed by atoms with Crippen LogP contribution in [-0.4, -0.2) is 29.5 Å². The van der Waals surface area contributed by atoms with Crippen molar-refractivity contribution in [2.24, 2.45) is 0 Å². The highest BCUT2D eigenvalue weighted by atomic mass is 16.6. The first kappa shape index (κ1) is 15.5. The lowest BCUT2D eigenvalue weighted by atomic mass is 10.1. The third-order valence-electron chi connectivity index (χ3n) is 3.79. The van der Waals surface area contributed by atoms with E-state index in [0.29, 0.717) is 19.4 Å². The van der Waals surface area contributed by atoms with Gasteiger partial charge in [-0.1, -0.05) is 56.5 Å². The van der Waals surface area contributed by atoms with Gasteiger partial charge in [0.15, 0.2) is 0 Å². The molecule has 1 aliphatic heterocycles. The van der Waals surface area contributed by atoms with Crippen molar-refractivity contribution in [2.75, 3.05) is 6.61 Å². The lowest BCUT2D eigenvalue weighted by Crippen LogP contribution is -2.40. The summed E-state index contributed by atoms with van der Waals surface area (Å²) < 4.78 is 5.07. The molecule has 114 valence electrons. The van der Waals surface area contributed by atoms with Gasteiger partial charge in [-0.05, 0) is 18.4 Å². The van der Waals surface area contributed by atoms with E-state index in [-0.39, 0.29) is 11.9 Å². The van der Waals surface area contributed by atoms with E-state index in [1.165, 1.54) is 4.90 Å². The maximum absolute atomic E-state index is 12.2. The molecule has 0 unspecified atom stereocenters. The predicted octanol–water partition coefficient (Wildman–Crippen LogP) is 3.55. The molecule has 1 aliphatic rings. The first-order chi connectivity index (χ1) is 10.2. The molecule has 0 aromatic heterocycles. The standard InChI is InChI=1S/C17H23NO3/c1-2-3-4-8-11-16(19)18-15(13-21-17(18)20)12-14-9-6-5-7-10-14/h5-7,9-10,15H,2-4,8,11-13H2,1H3/t15-/m1/s1. The van der Waals surface area contributed by atoms with Crippen LogP contribution in [-0.2, 0) is 16.0 Å². The van der Waals surface area contributed by atoms with Crippen LogP contribution in [0.1, 0.15) is 44.6 Å². The second-order valence-corrected chi connectivity index (χ2v) is 5.49. The highest BCUT2D eigenvalue weighted by Crippen LogP contribution is 2.19. The van der Waals surface area contributed by atoms with Gasteiger partial charge in [0.1, 0.15) is 6.61 Å². The van der Waals surface area contributed by atoms with Crippen LogP contribution in [0, 0.1) is 0 Å². The molecule has 0 spiro atoms. The molecular formula is C17H23NO3.